The van der Waals surface area contributed by atoms with Crippen molar-refractivity contribution in [1.82, 2.24) is 19.9 Å². The fraction of sp³-hybridized carbons (Fsp3) is 0.143. The standard InChI is InChI=1S/C21H20N6O/c1-13-6-16(10-22-9-13)21(28)27-17-5-3-4-15(7-17)14(2)26-18-8-19-20(23-11-18)25-12-24-19/h3-12,14,26H,1-2H3,(H,27,28)(H,23,24,25). The molecule has 0 fully saturated rings. The lowest BCUT2D eigenvalue weighted by Gasteiger charge is -2.16. The van der Waals surface area contributed by atoms with Gasteiger partial charge in [-0.15, -0.1) is 0 Å². The number of fused-ring (bicyclic) bond motifs is 1. The Labute approximate surface area is 162 Å². The van der Waals surface area contributed by atoms with Gasteiger partial charge in [0, 0.05) is 24.1 Å². The van der Waals surface area contributed by atoms with E-state index in [1.54, 1.807) is 24.9 Å². The lowest BCUT2D eigenvalue weighted by atomic mass is 10.1. The Kier molecular flexibility index (Phi) is 4.72. The number of amides is 1. The zero-order valence-electron chi connectivity index (χ0n) is 15.6. The fourth-order valence-electron chi connectivity index (χ4n) is 3.01. The molecule has 0 aliphatic rings. The van der Waals surface area contributed by atoms with E-state index in [2.05, 4.69) is 37.5 Å². The SMILES string of the molecule is Cc1cncc(C(=O)Nc2cccc(C(C)Nc3cnc4nc[nH]c4c3)c2)c1. The molecule has 0 radical (unpaired) electrons. The summed E-state index contributed by atoms with van der Waals surface area (Å²) in [7, 11) is 0. The van der Waals surface area contributed by atoms with Crippen LogP contribution in [-0.4, -0.2) is 25.8 Å². The quantitative estimate of drug-likeness (QED) is 0.490. The van der Waals surface area contributed by atoms with Crippen LogP contribution in [0.15, 0.2) is 61.3 Å². The highest BCUT2D eigenvalue weighted by Crippen LogP contribution is 2.23. The van der Waals surface area contributed by atoms with Crippen molar-refractivity contribution in [3.8, 4) is 0 Å². The van der Waals surface area contributed by atoms with Crippen LogP contribution in [0.2, 0.25) is 0 Å². The van der Waals surface area contributed by atoms with Gasteiger partial charge in [-0.3, -0.25) is 9.78 Å². The molecule has 1 atom stereocenters. The topological polar surface area (TPSA) is 95.6 Å². The van der Waals surface area contributed by atoms with Gasteiger partial charge in [-0.2, -0.15) is 0 Å². The highest BCUT2D eigenvalue weighted by atomic mass is 16.1. The van der Waals surface area contributed by atoms with Gasteiger partial charge >= 0.3 is 0 Å². The molecule has 0 spiro atoms. The van der Waals surface area contributed by atoms with E-state index in [-0.39, 0.29) is 11.9 Å². The monoisotopic (exact) mass is 372 g/mol. The van der Waals surface area contributed by atoms with E-state index in [4.69, 9.17) is 0 Å². The van der Waals surface area contributed by atoms with Gasteiger partial charge in [-0.25, -0.2) is 9.97 Å². The molecule has 4 aromatic rings. The lowest BCUT2D eigenvalue weighted by Crippen LogP contribution is -2.13. The van der Waals surface area contributed by atoms with Crippen LogP contribution >= 0.6 is 0 Å². The van der Waals surface area contributed by atoms with Crippen LogP contribution < -0.4 is 10.6 Å². The minimum Gasteiger partial charge on any atom is -0.377 e. The molecule has 0 aliphatic heterocycles. The molecule has 0 aliphatic carbocycles. The Balaban J connectivity index is 1.48. The molecule has 0 saturated heterocycles. The minimum atomic E-state index is -0.178. The van der Waals surface area contributed by atoms with Crippen molar-refractivity contribution in [3.05, 3.63) is 78.0 Å². The summed E-state index contributed by atoms with van der Waals surface area (Å²) < 4.78 is 0. The molecule has 1 aromatic carbocycles. The third-order valence-corrected chi connectivity index (χ3v) is 4.44. The number of aryl methyl sites for hydroxylation is 1. The number of benzene rings is 1. The Morgan fingerprint density at radius 1 is 1.07 bits per heavy atom. The van der Waals surface area contributed by atoms with Gasteiger partial charge in [0.15, 0.2) is 5.65 Å². The first-order chi connectivity index (χ1) is 13.6. The number of H-pyrrole nitrogens is 1. The Hall–Kier alpha value is -3.74. The van der Waals surface area contributed by atoms with Gasteiger partial charge in [-0.05, 0) is 49.2 Å². The zero-order valence-corrected chi connectivity index (χ0v) is 15.6. The molecule has 1 amide bonds. The van der Waals surface area contributed by atoms with Gasteiger partial charge in [-0.1, -0.05) is 12.1 Å². The molecule has 7 heteroatoms. The molecule has 0 saturated carbocycles. The summed E-state index contributed by atoms with van der Waals surface area (Å²) in [6.07, 6.45) is 6.67. The summed E-state index contributed by atoms with van der Waals surface area (Å²) >= 11 is 0. The van der Waals surface area contributed by atoms with E-state index in [0.717, 1.165) is 28.0 Å². The number of nitrogens with one attached hydrogen (secondary N) is 3. The average Bonchev–Trinajstić information content (AvgIpc) is 3.16. The van der Waals surface area contributed by atoms with Crippen molar-refractivity contribution in [1.29, 1.82) is 0 Å². The average molecular weight is 372 g/mol. The number of carbonyl (C=O) groups is 1. The molecule has 3 heterocycles. The largest absolute Gasteiger partial charge is 0.377 e. The van der Waals surface area contributed by atoms with Crippen molar-refractivity contribution in [2.75, 3.05) is 10.6 Å². The summed E-state index contributed by atoms with van der Waals surface area (Å²) in [6.45, 7) is 3.97. The number of hydrogen-bond donors (Lipinski definition) is 3. The summed E-state index contributed by atoms with van der Waals surface area (Å²) in [4.78, 5) is 28.0. The third kappa shape index (κ3) is 3.83. The Morgan fingerprint density at radius 3 is 2.82 bits per heavy atom. The number of rotatable bonds is 5. The Morgan fingerprint density at radius 2 is 1.96 bits per heavy atom. The van der Waals surface area contributed by atoms with Gasteiger partial charge in [0.25, 0.3) is 5.91 Å². The summed E-state index contributed by atoms with van der Waals surface area (Å²) in [6, 6.07) is 11.6. The van der Waals surface area contributed by atoms with Gasteiger partial charge in [0.05, 0.1) is 29.3 Å². The predicted molar refractivity (Wildman–Crippen MR) is 109 cm³/mol. The highest BCUT2D eigenvalue weighted by Gasteiger charge is 2.10. The van der Waals surface area contributed by atoms with Crippen LogP contribution in [0.1, 0.15) is 34.5 Å². The first-order valence-electron chi connectivity index (χ1n) is 8.97. The predicted octanol–water partition coefficient (Wildman–Crippen LogP) is 4.09. The number of pyridine rings is 2. The van der Waals surface area contributed by atoms with E-state index in [9.17, 15) is 4.79 Å². The molecule has 140 valence electrons. The summed E-state index contributed by atoms with van der Waals surface area (Å²) in [5.74, 6) is -0.178. The molecule has 3 aromatic heterocycles. The summed E-state index contributed by atoms with van der Waals surface area (Å²) in [5.41, 5.74) is 5.73. The second-order valence-corrected chi connectivity index (χ2v) is 6.69. The molecule has 4 rings (SSSR count). The van der Waals surface area contributed by atoms with Crippen LogP contribution in [-0.2, 0) is 0 Å². The normalized spacial score (nSPS) is 11.9. The lowest BCUT2D eigenvalue weighted by molar-refractivity contribution is 0.102. The minimum absolute atomic E-state index is 0.0275. The van der Waals surface area contributed by atoms with Crippen molar-refractivity contribution in [2.24, 2.45) is 0 Å². The molecule has 0 bridgehead atoms. The first-order valence-corrected chi connectivity index (χ1v) is 8.97. The van der Waals surface area contributed by atoms with Gasteiger partial charge in [0.2, 0.25) is 0 Å². The number of imidazole rings is 1. The number of anilines is 2. The molecule has 7 nitrogen and oxygen atoms in total. The fourth-order valence-corrected chi connectivity index (χ4v) is 3.01. The molecular weight excluding hydrogens is 352 g/mol. The van der Waals surface area contributed by atoms with E-state index in [0.29, 0.717) is 11.2 Å². The third-order valence-electron chi connectivity index (χ3n) is 4.44. The first kappa shape index (κ1) is 17.7. The smallest absolute Gasteiger partial charge is 0.257 e. The van der Waals surface area contributed by atoms with Crippen molar-refractivity contribution < 1.29 is 4.79 Å². The maximum Gasteiger partial charge on any atom is 0.257 e. The number of aromatic nitrogens is 4. The second-order valence-electron chi connectivity index (χ2n) is 6.69. The maximum absolute atomic E-state index is 12.5. The van der Waals surface area contributed by atoms with E-state index in [1.165, 1.54) is 0 Å². The van der Waals surface area contributed by atoms with Crippen molar-refractivity contribution in [3.63, 3.8) is 0 Å². The summed E-state index contributed by atoms with van der Waals surface area (Å²) in [5, 5.41) is 6.36. The number of aromatic amines is 1. The van der Waals surface area contributed by atoms with Crippen LogP contribution in [0.5, 0.6) is 0 Å². The van der Waals surface area contributed by atoms with Crippen LogP contribution in [0.3, 0.4) is 0 Å². The maximum atomic E-state index is 12.5. The molecule has 3 N–H and O–H groups in total. The van der Waals surface area contributed by atoms with Gasteiger partial charge in [0.1, 0.15) is 0 Å². The molecule has 1 unspecified atom stereocenters. The van der Waals surface area contributed by atoms with Crippen LogP contribution in [0.4, 0.5) is 11.4 Å². The van der Waals surface area contributed by atoms with Crippen molar-refractivity contribution >= 4 is 28.4 Å². The number of carbonyl (C=O) groups excluding carboxylic acids is 1. The molecule has 28 heavy (non-hydrogen) atoms. The zero-order chi connectivity index (χ0) is 19.5. The highest BCUT2D eigenvalue weighted by molar-refractivity contribution is 6.04. The van der Waals surface area contributed by atoms with E-state index < -0.39 is 0 Å². The van der Waals surface area contributed by atoms with E-state index >= 15 is 0 Å². The number of hydrogen-bond acceptors (Lipinski definition) is 5. The Bertz CT molecular complexity index is 1140. The molecular formula is C21H20N6O. The van der Waals surface area contributed by atoms with Crippen LogP contribution in [0.25, 0.3) is 11.2 Å². The van der Waals surface area contributed by atoms with E-state index in [1.807, 2.05) is 43.3 Å². The second kappa shape index (κ2) is 7.48. The van der Waals surface area contributed by atoms with Crippen LogP contribution in [0, 0.1) is 6.92 Å². The number of nitrogens with zero attached hydrogens (tertiary/aromatic N) is 3. The van der Waals surface area contributed by atoms with Gasteiger partial charge < -0.3 is 15.6 Å². The van der Waals surface area contributed by atoms with Crippen molar-refractivity contribution in [2.45, 2.75) is 19.9 Å².